The standard InChI is InChI=1S/C24H38O5/c1-9-24(8)13-12-19(14-21(24)16(2)3)20(15-28-17(4)25)10-11-22(23(6,7)27)29-18(5)26/h9-10,19,21-22,27H,1-2,11-15H2,3-8H3/b20-10+/t19-,21+,22+,24-/m0/s1. The maximum Gasteiger partial charge on any atom is 0.303 e. The van der Waals surface area contributed by atoms with Crippen LogP contribution in [0, 0.1) is 17.3 Å². The molecule has 1 N–H and O–H groups in total. The average molecular weight is 407 g/mol. The van der Waals surface area contributed by atoms with Crippen LogP contribution >= 0.6 is 0 Å². The third-order valence-electron chi connectivity index (χ3n) is 6.07. The molecule has 1 rings (SSSR count). The quantitative estimate of drug-likeness (QED) is 0.442. The number of hydrogen-bond acceptors (Lipinski definition) is 5. The van der Waals surface area contributed by atoms with Gasteiger partial charge in [0.2, 0.25) is 0 Å². The molecular formula is C24H38O5. The first-order valence-electron chi connectivity index (χ1n) is 10.3. The minimum absolute atomic E-state index is 0.00222. The largest absolute Gasteiger partial charge is 0.461 e. The highest BCUT2D eigenvalue weighted by molar-refractivity contribution is 5.66. The normalized spacial score (nSPS) is 26.4. The highest BCUT2D eigenvalue weighted by atomic mass is 16.6. The van der Waals surface area contributed by atoms with Crippen LogP contribution in [-0.4, -0.2) is 35.4 Å². The molecule has 0 aromatic rings. The zero-order chi connectivity index (χ0) is 22.4. The van der Waals surface area contributed by atoms with E-state index in [1.54, 1.807) is 13.8 Å². The Hall–Kier alpha value is -1.88. The van der Waals surface area contributed by atoms with Crippen molar-refractivity contribution in [2.24, 2.45) is 17.3 Å². The van der Waals surface area contributed by atoms with Gasteiger partial charge in [-0.2, -0.15) is 0 Å². The van der Waals surface area contributed by atoms with Crippen LogP contribution in [-0.2, 0) is 19.1 Å². The molecule has 1 aliphatic carbocycles. The monoisotopic (exact) mass is 406 g/mol. The fourth-order valence-electron chi connectivity index (χ4n) is 4.14. The molecule has 1 fully saturated rings. The van der Waals surface area contributed by atoms with Gasteiger partial charge in [-0.1, -0.05) is 31.2 Å². The Kier molecular flexibility index (Phi) is 8.88. The highest BCUT2D eigenvalue weighted by Gasteiger charge is 2.39. The average Bonchev–Trinajstić information content (AvgIpc) is 2.59. The molecule has 0 spiro atoms. The molecule has 0 aliphatic heterocycles. The summed E-state index contributed by atoms with van der Waals surface area (Å²) in [5.74, 6) is -0.256. The molecule has 29 heavy (non-hydrogen) atoms. The molecule has 164 valence electrons. The number of allylic oxidation sites excluding steroid dienone is 2. The van der Waals surface area contributed by atoms with Gasteiger partial charge in [-0.3, -0.25) is 9.59 Å². The van der Waals surface area contributed by atoms with E-state index in [1.807, 2.05) is 12.2 Å². The SMILES string of the molecule is C=C[C@@]1(C)CC[C@H](/C(=C/C[C@@H](OC(C)=O)C(C)(C)O)COC(C)=O)C[C@@H]1C(=C)C. The third-order valence-corrected chi connectivity index (χ3v) is 6.07. The van der Waals surface area contributed by atoms with Gasteiger partial charge in [0.05, 0.1) is 5.60 Å². The van der Waals surface area contributed by atoms with Crippen molar-refractivity contribution in [3.05, 3.63) is 36.5 Å². The van der Waals surface area contributed by atoms with Crippen molar-refractivity contribution in [1.29, 1.82) is 0 Å². The Labute approximate surface area is 175 Å². The van der Waals surface area contributed by atoms with Crippen LogP contribution in [0.25, 0.3) is 0 Å². The fourth-order valence-corrected chi connectivity index (χ4v) is 4.14. The van der Waals surface area contributed by atoms with Gasteiger partial charge < -0.3 is 14.6 Å². The number of rotatable bonds is 9. The Morgan fingerprint density at radius 2 is 1.90 bits per heavy atom. The second-order valence-corrected chi connectivity index (χ2v) is 9.13. The second kappa shape index (κ2) is 10.2. The van der Waals surface area contributed by atoms with Crippen LogP contribution in [0.4, 0.5) is 0 Å². The molecule has 5 heteroatoms. The maximum absolute atomic E-state index is 11.4. The van der Waals surface area contributed by atoms with E-state index in [2.05, 4.69) is 27.0 Å². The number of carbonyl (C=O) groups is 2. The molecule has 0 saturated heterocycles. The number of esters is 2. The second-order valence-electron chi connectivity index (χ2n) is 9.13. The van der Waals surface area contributed by atoms with Crippen molar-refractivity contribution >= 4 is 11.9 Å². The summed E-state index contributed by atoms with van der Waals surface area (Å²) in [4.78, 5) is 22.9. The molecule has 5 nitrogen and oxygen atoms in total. The van der Waals surface area contributed by atoms with Gasteiger partial charge >= 0.3 is 11.9 Å². The topological polar surface area (TPSA) is 72.8 Å². The molecule has 1 saturated carbocycles. The van der Waals surface area contributed by atoms with E-state index < -0.39 is 17.7 Å². The first-order chi connectivity index (χ1) is 13.3. The lowest BCUT2D eigenvalue weighted by atomic mass is 9.61. The molecule has 4 atom stereocenters. The van der Waals surface area contributed by atoms with Gasteiger partial charge in [0.25, 0.3) is 0 Å². The van der Waals surface area contributed by atoms with Crippen LogP contribution < -0.4 is 0 Å². The van der Waals surface area contributed by atoms with Crippen molar-refractivity contribution < 1.29 is 24.2 Å². The van der Waals surface area contributed by atoms with E-state index in [1.165, 1.54) is 13.8 Å². The van der Waals surface area contributed by atoms with Crippen molar-refractivity contribution in [2.45, 2.75) is 78.9 Å². The molecule has 0 heterocycles. The van der Waals surface area contributed by atoms with Crippen molar-refractivity contribution in [2.75, 3.05) is 6.61 Å². The number of hydrogen-bond donors (Lipinski definition) is 1. The summed E-state index contributed by atoms with van der Waals surface area (Å²) in [5.41, 5.74) is 0.947. The summed E-state index contributed by atoms with van der Waals surface area (Å²) in [7, 11) is 0. The van der Waals surface area contributed by atoms with Crippen LogP contribution in [0.1, 0.15) is 67.2 Å². The third kappa shape index (κ3) is 7.46. The van der Waals surface area contributed by atoms with Gasteiger partial charge in [0.15, 0.2) is 0 Å². The minimum atomic E-state index is -1.18. The van der Waals surface area contributed by atoms with Gasteiger partial charge in [-0.25, -0.2) is 0 Å². The summed E-state index contributed by atoms with van der Waals surface area (Å²) in [5, 5.41) is 10.4. The number of ether oxygens (including phenoxy) is 2. The molecule has 0 aromatic carbocycles. The van der Waals surface area contributed by atoms with Gasteiger partial charge in [-0.15, -0.1) is 6.58 Å². The van der Waals surface area contributed by atoms with E-state index in [-0.39, 0.29) is 29.8 Å². The summed E-state index contributed by atoms with van der Waals surface area (Å²) in [6.45, 7) is 18.6. The molecule has 0 radical (unpaired) electrons. The number of aliphatic hydroxyl groups is 1. The highest BCUT2D eigenvalue weighted by Crippen LogP contribution is 2.49. The van der Waals surface area contributed by atoms with Crippen LogP contribution in [0.2, 0.25) is 0 Å². The minimum Gasteiger partial charge on any atom is -0.461 e. The lowest BCUT2D eigenvalue weighted by Gasteiger charge is -2.44. The smallest absolute Gasteiger partial charge is 0.303 e. The van der Waals surface area contributed by atoms with Crippen LogP contribution in [0.3, 0.4) is 0 Å². The number of carbonyl (C=O) groups excluding carboxylic acids is 2. The maximum atomic E-state index is 11.4. The lowest BCUT2D eigenvalue weighted by molar-refractivity contribution is -0.158. The first kappa shape index (κ1) is 25.2. The molecule has 1 aliphatic rings. The summed E-state index contributed by atoms with van der Waals surface area (Å²) in [6.07, 6.45) is 6.48. The van der Waals surface area contributed by atoms with Crippen molar-refractivity contribution in [1.82, 2.24) is 0 Å². The molecule has 0 aromatic heterocycles. The molecule has 0 bridgehead atoms. The Bertz CT molecular complexity index is 655. The zero-order valence-corrected chi connectivity index (χ0v) is 18.9. The molecular weight excluding hydrogens is 368 g/mol. The lowest BCUT2D eigenvalue weighted by Crippen LogP contribution is -2.39. The predicted octanol–water partition coefficient (Wildman–Crippen LogP) is 4.75. The first-order valence-corrected chi connectivity index (χ1v) is 10.3. The van der Waals surface area contributed by atoms with Crippen LogP contribution in [0.15, 0.2) is 36.5 Å². The van der Waals surface area contributed by atoms with Crippen molar-refractivity contribution in [3.63, 3.8) is 0 Å². The predicted molar refractivity (Wildman–Crippen MR) is 115 cm³/mol. The van der Waals surface area contributed by atoms with E-state index >= 15 is 0 Å². The van der Waals surface area contributed by atoms with Crippen molar-refractivity contribution in [3.8, 4) is 0 Å². The van der Waals surface area contributed by atoms with Gasteiger partial charge in [0.1, 0.15) is 12.7 Å². The Morgan fingerprint density at radius 3 is 2.34 bits per heavy atom. The van der Waals surface area contributed by atoms with E-state index in [0.717, 1.165) is 30.4 Å². The van der Waals surface area contributed by atoms with E-state index in [9.17, 15) is 14.7 Å². The Morgan fingerprint density at radius 1 is 1.28 bits per heavy atom. The molecule has 0 unspecified atom stereocenters. The van der Waals surface area contributed by atoms with Gasteiger partial charge in [-0.05, 0) is 62.9 Å². The summed E-state index contributed by atoms with van der Waals surface area (Å²) >= 11 is 0. The molecule has 0 amide bonds. The van der Waals surface area contributed by atoms with E-state index in [4.69, 9.17) is 9.47 Å². The summed E-state index contributed by atoms with van der Waals surface area (Å²) < 4.78 is 10.6. The fraction of sp³-hybridized carbons (Fsp3) is 0.667. The zero-order valence-electron chi connectivity index (χ0n) is 18.9. The van der Waals surface area contributed by atoms with Crippen LogP contribution in [0.5, 0.6) is 0 Å². The van der Waals surface area contributed by atoms with E-state index in [0.29, 0.717) is 6.42 Å². The Balaban J connectivity index is 3.12. The van der Waals surface area contributed by atoms with Gasteiger partial charge in [0, 0.05) is 20.3 Å². The summed E-state index contributed by atoms with van der Waals surface area (Å²) in [6, 6.07) is 0.